The lowest BCUT2D eigenvalue weighted by Gasteiger charge is -2.34. The van der Waals surface area contributed by atoms with Crippen LogP contribution < -0.4 is 14.2 Å². The number of benzene rings is 1. The van der Waals surface area contributed by atoms with E-state index in [0.717, 1.165) is 19.6 Å². The quantitative estimate of drug-likeness (QED) is 0.600. The van der Waals surface area contributed by atoms with Crippen LogP contribution in [-0.4, -0.2) is 58.5 Å². The third-order valence-corrected chi connectivity index (χ3v) is 5.42. The number of aromatic nitrogens is 2. The van der Waals surface area contributed by atoms with Crippen molar-refractivity contribution in [3.05, 3.63) is 59.8 Å². The van der Waals surface area contributed by atoms with Crippen LogP contribution in [0.1, 0.15) is 21.9 Å². The standard InChI is InChI=1S/C22H24N4O5/c1-24-12-16(11-23-24)13-25-6-8-26(9-7-25)22(27)20-5-3-18(31-20)14-28-17-2-4-19-21(10-17)30-15-29-19/h2-5,10-12H,6-9,13-15H2,1H3. The highest BCUT2D eigenvalue weighted by atomic mass is 16.7. The van der Waals surface area contributed by atoms with Gasteiger partial charge in [-0.25, -0.2) is 0 Å². The molecule has 0 atom stereocenters. The number of hydrogen-bond donors (Lipinski definition) is 0. The van der Waals surface area contributed by atoms with E-state index in [2.05, 4.69) is 10.00 Å². The van der Waals surface area contributed by atoms with Crippen LogP contribution in [-0.2, 0) is 20.2 Å². The van der Waals surface area contributed by atoms with Crippen LogP contribution in [0.4, 0.5) is 0 Å². The van der Waals surface area contributed by atoms with Gasteiger partial charge in [-0.05, 0) is 24.3 Å². The first-order valence-electron chi connectivity index (χ1n) is 10.2. The summed E-state index contributed by atoms with van der Waals surface area (Å²) in [4.78, 5) is 17.0. The van der Waals surface area contributed by atoms with Crippen LogP contribution in [0.3, 0.4) is 0 Å². The Kier molecular flexibility index (Phi) is 5.25. The van der Waals surface area contributed by atoms with Crippen molar-refractivity contribution in [2.24, 2.45) is 7.05 Å². The van der Waals surface area contributed by atoms with Crippen molar-refractivity contribution in [3.8, 4) is 17.2 Å². The Balaban J connectivity index is 1.12. The SMILES string of the molecule is Cn1cc(CN2CCN(C(=O)c3ccc(COc4ccc5c(c4)OCO5)o3)CC2)cn1. The largest absolute Gasteiger partial charge is 0.486 e. The van der Waals surface area contributed by atoms with E-state index in [-0.39, 0.29) is 19.3 Å². The maximum absolute atomic E-state index is 12.8. The summed E-state index contributed by atoms with van der Waals surface area (Å²) in [5, 5.41) is 4.21. The molecule has 0 unspecified atom stereocenters. The Morgan fingerprint density at radius 1 is 1.10 bits per heavy atom. The van der Waals surface area contributed by atoms with Crippen LogP contribution in [0.5, 0.6) is 17.2 Å². The number of piperazine rings is 1. The summed E-state index contributed by atoms with van der Waals surface area (Å²) < 4.78 is 24.0. The number of rotatable bonds is 6. The highest BCUT2D eigenvalue weighted by molar-refractivity contribution is 5.91. The molecule has 2 aliphatic heterocycles. The number of nitrogens with zero attached hydrogens (tertiary/aromatic N) is 4. The molecule has 5 rings (SSSR count). The van der Waals surface area contributed by atoms with Gasteiger partial charge in [0, 0.05) is 57.6 Å². The molecule has 3 aromatic rings. The van der Waals surface area contributed by atoms with Gasteiger partial charge in [0.15, 0.2) is 17.3 Å². The molecule has 1 amide bonds. The maximum atomic E-state index is 12.8. The molecule has 162 valence electrons. The fourth-order valence-electron chi connectivity index (χ4n) is 3.77. The van der Waals surface area contributed by atoms with Gasteiger partial charge in [-0.3, -0.25) is 14.4 Å². The minimum Gasteiger partial charge on any atom is -0.486 e. The molecule has 2 aromatic heterocycles. The van der Waals surface area contributed by atoms with Gasteiger partial charge in [-0.2, -0.15) is 5.10 Å². The van der Waals surface area contributed by atoms with Gasteiger partial charge in [-0.1, -0.05) is 0 Å². The number of ether oxygens (including phenoxy) is 3. The number of furan rings is 1. The summed E-state index contributed by atoms with van der Waals surface area (Å²) in [6.45, 7) is 4.28. The van der Waals surface area contributed by atoms with E-state index in [1.807, 2.05) is 36.5 Å². The molecule has 31 heavy (non-hydrogen) atoms. The van der Waals surface area contributed by atoms with E-state index in [0.29, 0.717) is 41.9 Å². The summed E-state index contributed by atoms with van der Waals surface area (Å²) in [5.74, 6) is 2.86. The van der Waals surface area contributed by atoms with E-state index >= 15 is 0 Å². The zero-order valence-electron chi connectivity index (χ0n) is 17.3. The zero-order chi connectivity index (χ0) is 21.2. The van der Waals surface area contributed by atoms with Crippen LogP contribution in [0.25, 0.3) is 0 Å². The Labute approximate surface area is 179 Å². The molecule has 4 heterocycles. The fraction of sp³-hybridized carbons (Fsp3) is 0.364. The topological polar surface area (TPSA) is 82.2 Å². The second kappa shape index (κ2) is 8.35. The number of carbonyl (C=O) groups excluding carboxylic acids is 1. The lowest BCUT2D eigenvalue weighted by Crippen LogP contribution is -2.48. The molecular formula is C22H24N4O5. The minimum atomic E-state index is -0.0876. The Hall–Kier alpha value is -3.46. The maximum Gasteiger partial charge on any atom is 0.289 e. The predicted molar refractivity (Wildman–Crippen MR) is 110 cm³/mol. The van der Waals surface area contributed by atoms with E-state index < -0.39 is 0 Å². The molecule has 9 nitrogen and oxygen atoms in total. The third-order valence-electron chi connectivity index (χ3n) is 5.42. The number of amides is 1. The number of fused-ring (bicyclic) bond motifs is 1. The Morgan fingerprint density at radius 3 is 2.74 bits per heavy atom. The predicted octanol–water partition coefficient (Wildman–Crippen LogP) is 2.28. The molecule has 0 aliphatic carbocycles. The molecular weight excluding hydrogens is 400 g/mol. The van der Waals surface area contributed by atoms with E-state index in [4.69, 9.17) is 18.6 Å². The fourth-order valence-corrected chi connectivity index (χ4v) is 3.77. The van der Waals surface area contributed by atoms with Crippen molar-refractivity contribution >= 4 is 5.91 Å². The monoisotopic (exact) mass is 424 g/mol. The number of hydrogen-bond acceptors (Lipinski definition) is 7. The molecule has 9 heteroatoms. The summed E-state index contributed by atoms with van der Waals surface area (Å²) in [5.41, 5.74) is 1.18. The summed E-state index contributed by atoms with van der Waals surface area (Å²) in [7, 11) is 1.91. The third kappa shape index (κ3) is 4.36. The lowest BCUT2D eigenvalue weighted by atomic mass is 10.2. The first kappa shape index (κ1) is 19.5. The van der Waals surface area contributed by atoms with Crippen molar-refractivity contribution in [2.75, 3.05) is 33.0 Å². The summed E-state index contributed by atoms with van der Waals surface area (Å²) in [6.07, 6.45) is 3.90. The molecule has 1 saturated heterocycles. The molecule has 2 aliphatic rings. The molecule has 1 aromatic carbocycles. The average molecular weight is 424 g/mol. The van der Waals surface area contributed by atoms with Crippen LogP contribution >= 0.6 is 0 Å². The number of carbonyl (C=O) groups is 1. The minimum absolute atomic E-state index is 0.0876. The van der Waals surface area contributed by atoms with Crippen LogP contribution in [0, 0.1) is 0 Å². The highest BCUT2D eigenvalue weighted by Gasteiger charge is 2.24. The van der Waals surface area contributed by atoms with Gasteiger partial charge >= 0.3 is 0 Å². The number of aryl methyl sites for hydroxylation is 1. The van der Waals surface area contributed by atoms with Gasteiger partial charge in [-0.15, -0.1) is 0 Å². The van der Waals surface area contributed by atoms with Gasteiger partial charge in [0.25, 0.3) is 5.91 Å². The van der Waals surface area contributed by atoms with Crippen molar-refractivity contribution in [2.45, 2.75) is 13.2 Å². The van der Waals surface area contributed by atoms with Gasteiger partial charge in [0.2, 0.25) is 6.79 Å². The average Bonchev–Trinajstić information content (AvgIpc) is 3.53. The molecule has 0 spiro atoms. The molecule has 0 radical (unpaired) electrons. The smallest absolute Gasteiger partial charge is 0.289 e. The van der Waals surface area contributed by atoms with Crippen molar-refractivity contribution in [1.82, 2.24) is 19.6 Å². The van der Waals surface area contributed by atoms with E-state index in [1.165, 1.54) is 5.56 Å². The second-order valence-electron chi connectivity index (χ2n) is 7.66. The molecule has 0 bridgehead atoms. The Morgan fingerprint density at radius 2 is 1.94 bits per heavy atom. The summed E-state index contributed by atoms with van der Waals surface area (Å²) >= 11 is 0. The van der Waals surface area contributed by atoms with Gasteiger partial charge in [0.1, 0.15) is 18.1 Å². The van der Waals surface area contributed by atoms with Crippen LogP contribution in [0.15, 0.2) is 47.1 Å². The van der Waals surface area contributed by atoms with Crippen molar-refractivity contribution in [1.29, 1.82) is 0 Å². The second-order valence-corrected chi connectivity index (χ2v) is 7.66. The molecule has 0 N–H and O–H groups in total. The zero-order valence-corrected chi connectivity index (χ0v) is 17.3. The van der Waals surface area contributed by atoms with Crippen molar-refractivity contribution < 1.29 is 23.4 Å². The van der Waals surface area contributed by atoms with Gasteiger partial charge in [0.05, 0.1) is 6.20 Å². The van der Waals surface area contributed by atoms with Crippen molar-refractivity contribution in [3.63, 3.8) is 0 Å². The summed E-state index contributed by atoms with van der Waals surface area (Å²) in [6, 6.07) is 8.89. The first-order valence-corrected chi connectivity index (χ1v) is 10.2. The lowest BCUT2D eigenvalue weighted by molar-refractivity contribution is 0.0594. The first-order chi connectivity index (χ1) is 15.1. The normalized spacial score (nSPS) is 16.0. The molecule has 0 saturated carbocycles. The molecule has 1 fully saturated rings. The van der Waals surface area contributed by atoms with E-state index in [1.54, 1.807) is 22.9 Å². The highest BCUT2D eigenvalue weighted by Crippen LogP contribution is 2.35. The van der Waals surface area contributed by atoms with Gasteiger partial charge < -0.3 is 23.5 Å². The van der Waals surface area contributed by atoms with E-state index in [9.17, 15) is 4.79 Å². The van der Waals surface area contributed by atoms with Crippen LogP contribution in [0.2, 0.25) is 0 Å². The Bertz CT molecular complexity index is 1070.